The van der Waals surface area contributed by atoms with Crippen molar-refractivity contribution in [3.8, 4) is 11.5 Å². The number of ether oxygens (including phenoxy) is 2. The van der Waals surface area contributed by atoms with Gasteiger partial charge in [-0.05, 0) is 73.6 Å². The normalized spacial score (nSPS) is 18.1. The van der Waals surface area contributed by atoms with Crippen molar-refractivity contribution >= 4 is 23.6 Å². The minimum absolute atomic E-state index is 0.0483. The van der Waals surface area contributed by atoms with Crippen LogP contribution >= 0.6 is 0 Å². The molecule has 11 heteroatoms. The van der Waals surface area contributed by atoms with Crippen LogP contribution in [0.4, 0.5) is 0 Å². The molecule has 3 atom stereocenters. The number of amides is 4. The smallest absolute Gasteiger partial charge is 0.254 e. The lowest BCUT2D eigenvalue weighted by atomic mass is 9.79. The number of likely N-dealkylation sites (tertiary alicyclic amines) is 2. The molecule has 0 saturated carbocycles. The van der Waals surface area contributed by atoms with Crippen LogP contribution in [0.25, 0.3) is 0 Å². The molecule has 2 saturated heterocycles. The van der Waals surface area contributed by atoms with E-state index in [4.69, 9.17) is 9.47 Å². The highest BCUT2D eigenvalue weighted by atomic mass is 16.5. The molecule has 2 fully saturated rings. The van der Waals surface area contributed by atoms with E-state index in [1.807, 2.05) is 13.8 Å². The van der Waals surface area contributed by atoms with Crippen LogP contribution in [0, 0.1) is 17.8 Å². The fourth-order valence-electron chi connectivity index (χ4n) is 6.36. The second-order valence-corrected chi connectivity index (χ2v) is 12.7. The zero-order valence-electron chi connectivity index (χ0n) is 29.2. The molecule has 49 heavy (non-hydrogen) atoms. The Balaban J connectivity index is 0.000000520. The summed E-state index contributed by atoms with van der Waals surface area (Å²) < 4.78 is 11.2. The second-order valence-electron chi connectivity index (χ2n) is 12.7. The Bertz CT molecular complexity index is 1550. The largest absolute Gasteiger partial charge is 0.493 e. The van der Waals surface area contributed by atoms with Crippen molar-refractivity contribution < 1.29 is 28.7 Å². The number of carbonyl (C=O) groups is 4. The molecule has 0 spiro atoms. The molecular weight excluding hydrogens is 622 g/mol. The molecule has 5 rings (SSSR count). The maximum absolute atomic E-state index is 13.6. The van der Waals surface area contributed by atoms with Crippen molar-refractivity contribution in [1.29, 1.82) is 0 Å². The first-order valence-electron chi connectivity index (χ1n) is 17.0. The number of pyridine rings is 1. The van der Waals surface area contributed by atoms with Gasteiger partial charge in [0, 0.05) is 51.2 Å². The predicted octanol–water partition coefficient (Wildman–Crippen LogP) is 3.77. The molecule has 2 aromatic carbocycles. The predicted molar refractivity (Wildman–Crippen MR) is 187 cm³/mol. The SMILES string of the molecule is CCCc1ccccc1.CNC(=O)CNC(=O)C1CN(C(=O)Cc2ccncc2)CC2CN(C(=O)c3ccc(OC(C)C)c(OC)c3)CC21. The van der Waals surface area contributed by atoms with Gasteiger partial charge in [-0.3, -0.25) is 24.2 Å². The van der Waals surface area contributed by atoms with Gasteiger partial charge in [-0.2, -0.15) is 0 Å². The van der Waals surface area contributed by atoms with Gasteiger partial charge >= 0.3 is 0 Å². The molecule has 2 aliphatic heterocycles. The Morgan fingerprint density at radius 2 is 1.61 bits per heavy atom. The van der Waals surface area contributed by atoms with Gasteiger partial charge in [-0.1, -0.05) is 43.7 Å². The average Bonchev–Trinajstić information content (AvgIpc) is 3.55. The Hall–Kier alpha value is -4.93. The maximum Gasteiger partial charge on any atom is 0.254 e. The van der Waals surface area contributed by atoms with Crippen LogP contribution < -0.4 is 20.1 Å². The Morgan fingerprint density at radius 3 is 2.27 bits per heavy atom. The third-order valence-corrected chi connectivity index (χ3v) is 8.82. The summed E-state index contributed by atoms with van der Waals surface area (Å²) in [6.45, 7) is 7.33. The number of rotatable bonds is 11. The highest BCUT2D eigenvalue weighted by Crippen LogP contribution is 2.37. The lowest BCUT2D eigenvalue weighted by molar-refractivity contribution is -0.139. The first kappa shape index (κ1) is 36.9. The molecule has 2 N–H and O–H groups in total. The van der Waals surface area contributed by atoms with E-state index in [1.54, 1.807) is 52.5 Å². The fourth-order valence-corrected chi connectivity index (χ4v) is 6.36. The molecule has 3 unspecified atom stereocenters. The van der Waals surface area contributed by atoms with Crippen molar-refractivity contribution in [2.24, 2.45) is 17.8 Å². The lowest BCUT2D eigenvalue weighted by Crippen LogP contribution is -2.54. The van der Waals surface area contributed by atoms with Crippen LogP contribution in [0.5, 0.6) is 11.5 Å². The first-order valence-corrected chi connectivity index (χ1v) is 17.0. The van der Waals surface area contributed by atoms with Crippen LogP contribution in [0.2, 0.25) is 0 Å². The van der Waals surface area contributed by atoms with Gasteiger partial charge in [0.1, 0.15) is 0 Å². The number of likely N-dealkylation sites (N-methyl/N-ethyl adjacent to an activating group) is 1. The number of piperidine rings is 1. The summed E-state index contributed by atoms with van der Waals surface area (Å²) in [6, 6.07) is 19.3. The molecule has 2 aliphatic rings. The summed E-state index contributed by atoms with van der Waals surface area (Å²) in [5, 5.41) is 5.20. The molecule has 0 radical (unpaired) electrons. The van der Waals surface area contributed by atoms with Crippen molar-refractivity contribution in [3.05, 3.63) is 89.7 Å². The van der Waals surface area contributed by atoms with Crippen LogP contribution in [0.15, 0.2) is 73.1 Å². The van der Waals surface area contributed by atoms with Crippen molar-refractivity contribution in [2.75, 3.05) is 46.9 Å². The van der Waals surface area contributed by atoms with Crippen LogP contribution in [-0.4, -0.2) is 91.4 Å². The van der Waals surface area contributed by atoms with Gasteiger partial charge < -0.3 is 29.9 Å². The highest BCUT2D eigenvalue weighted by molar-refractivity contribution is 5.95. The number of aromatic nitrogens is 1. The van der Waals surface area contributed by atoms with E-state index in [1.165, 1.54) is 32.6 Å². The van der Waals surface area contributed by atoms with Gasteiger partial charge in [0.25, 0.3) is 5.91 Å². The first-order chi connectivity index (χ1) is 23.6. The average molecular weight is 672 g/mol. The fraction of sp³-hybridized carbons (Fsp3) is 0.447. The van der Waals surface area contributed by atoms with Crippen LogP contribution in [0.1, 0.15) is 48.7 Å². The summed E-state index contributed by atoms with van der Waals surface area (Å²) in [5.74, 6) is -0.648. The monoisotopic (exact) mass is 671 g/mol. The summed E-state index contributed by atoms with van der Waals surface area (Å²) in [4.78, 5) is 59.3. The van der Waals surface area contributed by atoms with Gasteiger partial charge in [-0.15, -0.1) is 0 Å². The minimum Gasteiger partial charge on any atom is -0.493 e. The molecule has 0 bridgehead atoms. The second kappa shape index (κ2) is 18.0. The van der Waals surface area contributed by atoms with Crippen LogP contribution in [0.3, 0.4) is 0 Å². The van der Waals surface area contributed by atoms with E-state index >= 15 is 0 Å². The van der Waals surface area contributed by atoms with Gasteiger partial charge in [0.05, 0.1) is 32.1 Å². The number of hydrogen-bond acceptors (Lipinski definition) is 7. The van der Waals surface area contributed by atoms with Crippen molar-refractivity contribution in [3.63, 3.8) is 0 Å². The van der Waals surface area contributed by atoms with Gasteiger partial charge in [-0.25, -0.2) is 0 Å². The van der Waals surface area contributed by atoms with Crippen molar-refractivity contribution in [1.82, 2.24) is 25.4 Å². The van der Waals surface area contributed by atoms with E-state index in [0.29, 0.717) is 36.7 Å². The van der Waals surface area contributed by atoms with Crippen molar-refractivity contribution in [2.45, 2.75) is 46.1 Å². The summed E-state index contributed by atoms with van der Waals surface area (Å²) >= 11 is 0. The number of aryl methyl sites for hydroxylation is 1. The van der Waals surface area contributed by atoms with Gasteiger partial charge in [0.15, 0.2) is 11.5 Å². The number of nitrogens with one attached hydrogen (secondary N) is 2. The summed E-state index contributed by atoms with van der Waals surface area (Å²) in [7, 11) is 3.03. The number of fused-ring (bicyclic) bond motifs is 1. The number of carbonyl (C=O) groups excluding carboxylic acids is 4. The quantitative estimate of drug-likeness (QED) is 0.318. The van der Waals surface area contributed by atoms with E-state index in [2.05, 4.69) is 52.9 Å². The molecule has 11 nitrogen and oxygen atoms in total. The molecule has 4 amide bonds. The third kappa shape index (κ3) is 10.3. The number of hydrogen-bond donors (Lipinski definition) is 2. The highest BCUT2D eigenvalue weighted by Gasteiger charge is 2.47. The zero-order chi connectivity index (χ0) is 35.3. The summed E-state index contributed by atoms with van der Waals surface area (Å²) in [6.07, 6.45) is 5.87. The third-order valence-electron chi connectivity index (χ3n) is 8.82. The molecule has 3 aromatic rings. The molecule has 0 aliphatic carbocycles. The lowest BCUT2D eigenvalue weighted by Gasteiger charge is -2.39. The summed E-state index contributed by atoms with van der Waals surface area (Å²) in [5.41, 5.74) is 2.74. The number of methoxy groups -OCH3 is 1. The van der Waals surface area contributed by atoms with E-state index in [0.717, 1.165) is 5.56 Å². The zero-order valence-corrected chi connectivity index (χ0v) is 29.2. The Morgan fingerprint density at radius 1 is 0.898 bits per heavy atom. The molecule has 262 valence electrons. The molecular formula is C38H49N5O6. The number of benzene rings is 2. The van der Waals surface area contributed by atoms with E-state index < -0.39 is 5.92 Å². The Kier molecular flexibility index (Phi) is 13.6. The van der Waals surface area contributed by atoms with E-state index in [9.17, 15) is 19.2 Å². The topological polar surface area (TPSA) is 130 Å². The van der Waals surface area contributed by atoms with Crippen LogP contribution in [-0.2, 0) is 27.2 Å². The standard InChI is InChI=1S/C29H37N5O6.C9H12/c1-18(2)40-24-6-5-20(12-25(24)39-4)29(38)34-15-21-14-33(27(36)11-19-7-9-31-10-8-19)17-23(22(21)16-34)28(37)32-13-26(35)30-3;1-2-6-9-7-4-3-5-8-9/h5-10,12,18,21-23H,11,13-17H2,1-4H3,(H,30,35)(H,32,37);3-5,7-8H,2,6H2,1H3. The molecule has 3 heterocycles. The number of nitrogens with zero attached hydrogens (tertiary/aromatic N) is 3. The molecule has 1 aromatic heterocycles. The maximum atomic E-state index is 13.6. The Labute approximate surface area is 289 Å². The minimum atomic E-state index is -0.557. The van der Waals surface area contributed by atoms with E-state index in [-0.39, 0.29) is 61.1 Å². The van der Waals surface area contributed by atoms with Gasteiger partial charge in [0.2, 0.25) is 17.7 Å².